The van der Waals surface area contributed by atoms with Gasteiger partial charge in [-0.25, -0.2) is 0 Å². The van der Waals surface area contributed by atoms with E-state index in [-0.39, 0.29) is 23.1 Å². The Balaban J connectivity index is 2.81. The first-order valence-electron chi connectivity index (χ1n) is 6.50. The van der Waals surface area contributed by atoms with Crippen LogP contribution in [-0.4, -0.2) is 28.1 Å². The van der Waals surface area contributed by atoms with Gasteiger partial charge in [0.1, 0.15) is 5.75 Å². The molecule has 0 aliphatic heterocycles. The van der Waals surface area contributed by atoms with Crippen molar-refractivity contribution in [2.45, 2.75) is 39.7 Å². The van der Waals surface area contributed by atoms with Crippen LogP contribution in [0.5, 0.6) is 5.75 Å². The number of aromatic hydroxyl groups is 1. The van der Waals surface area contributed by atoms with Crippen LogP contribution in [0.25, 0.3) is 0 Å². The summed E-state index contributed by atoms with van der Waals surface area (Å²) in [5.74, 6) is -1.54. The molecule has 0 heterocycles. The highest BCUT2D eigenvalue weighted by Crippen LogP contribution is 2.23. The highest BCUT2D eigenvalue weighted by Gasteiger charge is 2.23. The Kier molecular flexibility index (Phi) is 5.13. The first kappa shape index (κ1) is 16.0. The minimum atomic E-state index is -0.961. The highest BCUT2D eigenvalue weighted by atomic mass is 16.4. The largest absolute Gasteiger partial charge is 0.507 e. The van der Waals surface area contributed by atoms with Gasteiger partial charge >= 0.3 is 5.97 Å². The van der Waals surface area contributed by atoms with Crippen LogP contribution in [0.4, 0.5) is 0 Å². The van der Waals surface area contributed by atoms with Gasteiger partial charge in [-0.2, -0.15) is 0 Å². The van der Waals surface area contributed by atoms with E-state index in [0.29, 0.717) is 6.42 Å². The number of phenols is 1. The lowest BCUT2D eigenvalue weighted by atomic mass is 9.87. The van der Waals surface area contributed by atoms with Gasteiger partial charge in [0.15, 0.2) is 0 Å². The average molecular weight is 279 g/mol. The molecule has 1 rings (SSSR count). The number of rotatable bonds is 5. The van der Waals surface area contributed by atoms with Gasteiger partial charge in [-0.15, -0.1) is 0 Å². The number of nitrogens with one attached hydrogen (secondary N) is 1. The molecule has 0 aromatic heterocycles. The summed E-state index contributed by atoms with van der Waals surface area (Å²) in [6.45, 7) is 5.94. The molecule has 20 heavy (non-hydrogen) atoms. The minimum Gasteiger partial charge on any atom is -0.507 e. The van der Waals surface area contributed by atoms with Crippen molar-refractivity contribution in [3.05, 3.63) is 29.8 Å². The van der Waals surface area contributed by atoms with Crippen molar-refractivity contribution in [1.29, 1.82) is 0 Å². The van der Waals surface area contributed by atoms with Crippen molar-refractivity contribution in [3.8, 4) is 5.75 Å². The highest BCUT2D eigenvalue weighted by molar-refractivity contribution is 5.97. The summed E-state index contributed by atoms with van der Waals surface area (Å²) in [4.78, 5) is 23.0. The van der Waals surface area contributed by atoms with Crippen molar-refractivity contribution in [2.75, 3.05) is 0 Å². The first-order valence-corrected chi connectivity index (χ1v) is 6.50. The topological polar surface area (TPSA) is 86.6 Å². The Labute approximate surface area is 118 Å². The van der Waals surface area contributed by atoms with Crippen molar-refractivity contribution in [2.24, 2.45) is 5.41 Å². The smallest absolute Gasteiger partial charge is 0.305 e. The summed E-state index contributed by atoms with van der Waals surface area (Å²) >= 11 is 0. The van der Waals surface area contributed by atoms with E-state index in [1.165, 1.54) is 12.1 Å². The molecule has 3 N–H and O–H groups in total. The van der Waals surface area contributed by atoms with Crippen molar-refractivity contribution < 1.29 is 19.8 Å². The van der Waals surface area contributed by atoms with E-state index in [0.717, 1.165) is 0 Å². The molecule has 5 heteroatoms. The number of hydrogen-bond acceptors (Lipinski definition) is 3. The lowest BCUT2D eigenvalue weighted by Gasteiger charge is -2.26. The van der Waals surface area contributed by atoms with E-state index in [1.54, 1.807) is 12.1 Å². The van der Waals surface area contributed by atoms with Crippen LogP contribution in [0.15, 0.2) is 24.3 Å². The molecule has 0 aliphatic carbocycles. The van der Waals surface area contributed by atoms with Gasteiger partial charge in [0.25, 0.3) is 5.91 Å². The summed E-state index contributed by atoms with van der Waals surface area (Å²) in [6.07, 6.45) is 0.398. The fraction of sp³-hybridized carbons (Fsp3) is 0.467. The number of benzene rings is 1. The molecule has 0 bridgehead atoms. The Morgan fingerprint density at radius 2 is 1.85 bits per heavy atom. The van der Waals surface area contributed by atoms with E-state index in [9.17, 15) is 14.7 Å². The van der Waals surface area contributed by atoms with E-state index in [4.69, 9.17) is 5.11 Å². The number of carboxylic acids is 1. The minimum absolute atomic E-state index is 0.105. The fourth-order valence-corrected chi connectivity index (χ4v) is 2.05. The number of para-hydroxylation sites is 1. The third kappa shape index (κ3) is 5.30. The van der Waals surface area contributed by atoms with Gasteiger partial charge in [0, 0.05) is 6.04 Å². The summed E-state index contributed by atoms with van der Waals surface area (Å²) in [6, 6.07) is 5.71. The molecule has 0 saturated carbocycles. The van der Waals surface area contributed by atoms with Crippen LogP contribution in [0.1, 0.15) is 44.0 Å². The van der Waals surface area contributed by atoms with Crippen LogP contribution in [0.3, 0.4) is 0 Å². The van der Waals surface area contributed by atoms with Gasteiger partial charge < -0.3 is 15.5 Å². The molecule has 0 saturated heterocycles. The SMILES string of the molecule is CC(C)(C)CC(CC(=O)O)NC(=O)c1ccccc1O. The van der Waals surface area contributed by atoms with Crippen LogP contribution in [-0.2, 0) is 4.79 Å². The number of hydrogen-bond donors (Lipinski definition) is 3. The summed E-state index contributed by atoms with van der Waals surface area (Å²) < 4.78 is 0. The summed E-state index contributed by atoms with van der Waals surface area (Å²) in [5.41, 5.74) is 0.0448. The number of carboxylic acid groups (broad SMARTS) is 1. The molecule has 110 valence electrons. The molecule has 0 fully saturated rings. The quantitative estimate of drug-likeness (QED) is 0.772. The lowest BCUT2D eigenvalue weighted by Crippen LogP contribution is -2.39. The summed E-state index contributed by atoms with van der Waals surface area (Å²) in [5, 5.41) is 21.2. The third-order valence-corrected chi connectivity index (χ3v) is 2.76. The second-order valence-electron chi connectivity index (χ2n) is 6.05. The fourth-order valence-electron chi connectivity index (χ4n) is 2.05. The van der Waals surface area contributed by atoms with Gasteiger partial charge in [0.2, 0.25) is 0 Å². The normalized spacial score (nSPS) is 12.8. The Morgan fingerprint density at radius 3 is 2.35 bits per heavy atom. The predicted octanol–water partition coefficient (Wildman–Crippen LogP) is 2.40. The zero-order valence-corrected chi connectivity index (χ0v) is 12.0. The molecular formula is C15H21NO4. The average Bonchev–Trinajstić information content (AvgIpc) is 2.25. The predicted molar refractivity (Wildman–Crippen MR) is 75.7 cm³/mol. The summed E-state index contributed by atoms with van der Waals surface area (Å²) in [7, 11) is 0. The lowest BCUT2D eigenvalue weighted by molar-refractivity contribution is -0.137. The zero-order valence-electron chi connectivity index (χ0n) is 12.0. The molecular weight excluding hydrogens is 258 g/mol. The van der Waals surface area contributed by atoms with E-state index >= 15 is 0 Å². The maximum atomic E-state index is 12.1. The first-order chi connectivity index (χ1) is 9.19. The van der Waals surface area contributed by atoms with Crippen molar-refractivity contribution in [1.82, 2.24) is 5.32 Å². The van der Waals surface area contributed by atoms with Crippen LogP contribution >= 0.6 is 0 Å². The number of phenolic OH excluding ortho intramolecular Hbond substituents is 1. The van der Waals surface area contributed by atoms with Gasteiger partial charge in [0.05, 0.1) is 12.0 Å². The number of carbonyl (C=O) groups is 2. The second kappa shape index (κ2) is 6.41. The van der Waals surface area contributed by atoms with Crippen LogP contribution in [0.2, 0.25) is 0 Å². The zero-order chi connectivity index (χ0) is 15.3. The standard InChI is InChI=1S/C15H21NO4/c1-15(2,3)9-10(8-13(18)19)16-14(20)11-6-4-5-7-12(11)17/h4-7,10,17H,8-9H2,1-3H3,(H,16,20)(H,18,19). The Morgan fingerprint density at radius 1 is 1.25 bits per heavy atom. The molecule has 0 radical (unpaired) electrons. The van der Waals surface area contributed by atoms with E-state index < -0.39 is 17.9 Å². The number of aliphatic carboxylic acids is 1. The molecule has 1 aromatic carbocycles. The molecule has 5 nitrogen and oxygen atoms in total. The van der Waals surface area contributed by atoms with E-state index in [2.05, 4.69) is 5.32 Å². The number of carbonyl (C=O) groups excluding carboxylic acids is 1. The number of amides is 1. The van der Waals surface area contributed by atoms with Crippen molar-refractivity contribution in [3.63, 3.8) is 0 Å². The molecule has 1 amide bonds. The molecule has 0 aliphatic rings. The van der Waals surface area contributed by atoms with Crippen LogP contribution < -0.4 is 5.32 Å². The van der Waals surface area contributed by atoms with Gasteiger partial charge in [-0.1, -0.05) is 32.9 Å². The molecule has 1 aromatic rings. The Bertz CT molecular complexity index is 491. The second-order valence-corrected chi connectivity index (χ2v) is 6.05. The van der Waals surface area contributed by atoms with E-state index in [1.807, 2.05) is 20.8 Å². The molecule has 1 unspecified atom stereocenters. The van der Waals surface area contributed by atoms with Gasteiger partial charge in [-0.3, -0.25) is 9.59 Å². The Hall–Kier alpha value is -2.04. The third-order valence-electron chi connectivity index (χ3n) is 2.76. The van der Waals surface area contributed by atoms with Crippen LogP contribution in [0, 0.1) is 5.41 Å². The van der Waals surface area contributed by atoms with Gasteiger partial charge in [-0.05, 0) is 24.0 Å². The molecule has 0 spiro atoms. The monoisotopic (exact) mass is 279 g/mol. The maximum absolute atomic E-state index is 12.1. The van der Waals surface area contributed by atoms with Crippen molar-refractivity contribution >= 4 is 11.9 Å². The maximum Gasteiger partial charge on any atom is 0.305 e. The molecule has 1 atom stereocenters.